The van der Waals surface area contributed by atoms with Crippen molar-refractivity contribution in [3.8, 4) is 0 Å². The number of hydrogen-bond donors (Lipinski definition) is 0. The highest BCUT2D eigenvalue weighted by atomic mass is 79.9. The highest BCUT2D eigenvalue weighted by Gasteiger charge is 2.28. The molecule has 12 heavy (non-hydrogen) atoms. The number of nitrogens with zero attached hydrogens (tertiary/aromatic N) is 3. The normalized spacial score (nSPS) is 37.5. The van der Waals surface area contributed by atoms with Gasteiger partial charge in [-0.1, -0.05) is 0 Å². The molecule has 1 aliphatic heterocycles. The molecule has 0 fully saturated rings. The second-order valence-corrected chi connectivity index (χ2v) is 18.3. The molecule has 0 bridgehead atoms. The molecule has 0 spiro atoms. The van der Waals surface area contributed by atoms with Gasteiger partial charge in [0.25, 0.3) is 11.8 Å². The number of rotatable bonds is 0. The maximum atomic E-state index is 5.78. The molecule has 0 saturated heterocycles. The van der Waals surface area contributed by atoms with E-state index in [2.05, 4.69) is 29.0 Å². The van der Waals surface area contributed by atoms with E-state index in [1.54, 1.807) is 6.66 Å². The predicted octanol–water partition coefficient (Wildman–Crippen LogP) is 6.90. The molecule has 0 aromatic heterocycles. The average molecular weight is 372 g/mol. The summed E-state index contributed by atoms with van der Waals surface area (Å²) in [6.45, 7) is 1.76. The van der Waals surface area contributed by atoms with E-state index in [1.807, 2.05) is 0 Å². The van der Waals surface area contributed by atoms with Crippen molar-refractivity contribution in [3.63, 3.8) is 0 Å². The number of hydrogen-bond acceptors (Lipinski definition) is 3. The van der Waals surface area contributed by atoms with Gasteiger partial charge in [-0.3, -0.25) is 0 Å². The van der Waals surface area contributed by atoms with E-state index >= 15 is 0 Å². The van der Waals surface area contributed by atoms with Crippen molar-refractivity contribution >= 4 is 78.2 Å². The van der Waals surface area contributed by atoms with Crippen LogP contribution in [0.1, 0.15) is 0 Å². The van der Waals surface area contributed by atoms with Crippen LogP contribution in [-0.4, -0.2) is 6.66 Å². The Bertz CT molecular complexity index is 282. The third kappa shape index (κ3) is 3.83. The van der Waals surface area contributed by atoms with Crippen LogP contribution in [0.15, 0.2) is 13.5 Å². The molecule has 0 saturated carbocycles. The third-order valence-electron chi connectivity index (χ3n) is 0.757. The van der Waals surface area contributed by atoms with Crippen molar-refractivity contribution in [1.82, 2.24) is 0 Å². The van der Waals surface area contributed by atoms with Gasteiger partial charge in [0.2, 0.25) is 0 Å². The first-order valence-corrected chi connectivity index (χ1v) is 13.7. The molecule has 1 unspecified atom stereocenters. The van der Waals surface area contributed by atoms with Crippen LogP contribution in [0.3, 0.4) is 0 Å². The monoisotopic (exact) mass is 369 g/mol. The SMILES string of the molecule is CP1(Br)=NP(Cl)(Cl)=NP(Cl)(Cl)=N1. The Hall–Kier alpha value is 2.33. The zero-order valence-electron chi connectivity index (χ0n) is 5.57. The summed E-state index contributed by atoms with van der Waals surface area (Å²) in [7, 11) is 0. The van der Waals surface area contributed by atoms with Gasteiger partial charge in [-0.15, -0.1) is 0 Å². The zero-order valence-corrected chi connectivity index (χ0v) is 12.9. The van der Waals surface area contributed by atoms with Crippen LogP contribution in [0.25, 0.3) is 0 Å². The van der Waals surface area contributed by atoms with E-state index in [0.717, 1.165) is 0 Å². The van der Waals surface area contributed by atoms with E-state index < -0.39 is 17.7 Å². The smallest absolute Gasteiger partial charge is 0.203 e. The highest BCUT2D eigenvalue weighted by Crippen LogP contribution is 2.86. The van der Waals surface area contributed by atoms with Gasteiger partial charge < -0.3 is 0 Å². The van der Waals surface area contributed by atoms with Crippen molar-refractivity contribution in [1.29, 1.82) is 0 Å². The van der Waals surface area contributed by atoms with Crippen LogP contribution < -0.4 is 0 Å². The Labute approximate surface area is 97.7 Å². The zero-order chi connectivity index (χ0) is 9.62. The van der Waals surface area contributed by atoms with Gasteiger partial charge in [-0.25, -0.2) is 9.03 Å². The molecular formula is CH3BrCl4N3P3. The molecule has 0 radical (unpaired) electrons. The molecule has 0 amide bonds. The van der Waals surface area contributed by atoms with Gasteiger partial charge in [-0.05, 0) is 67.1 Å². The molecule has 3 nitrogen and oxygen atoms in total. The fraction of sp³-hybridized carbons (Fsp3) is 1.00. The van der Waals surface area contributed by atoms with Crippen molar-refractivity contribution in [3.05, 3.63) is 0 Å². The Morgan fingerprint density at radius 1 is 0.917 bits per heavy atom. The van der Waals surface area contributed by atoms with Crippen LogP contribution in [0.2, 0.25) is 0 Å². The Kier molecular flexibility index (Phi) is 3.85. The molecule has 0 N–H and O–H groups in total. The molecule has 0 aromatic carbocycles. The first-order valence-electron chi connectivity index (χ1n) is 2.49. The summed E-state index contributed by atoms with van der Waals surface area (Å²) in [5.41, 5.74) is 0. The lowest BCUT2D eigenvalue weighted by Gasteiger charge is -2.18. The van der Waals surface area contributed by atoms with E-state index in [-0.39, 0.29) is 0 Å². The molecular weight excluding hydrogens is 369 g/mol. The fourth-order valence-electron chi connectivity index (χ4n) is 0.576. The summed E-state index contributed by atoms with van der Waals surface area (Å²) >= 11 is 26.4. The minimum absolute atomic E-state index is 1.76. The molecule has 11 heteroatoms. The Balaban J connectivity index is 3.46. The quantitative estimate of drug-likeness (QED) is 0.415. The lowest BCUT2D eigenvalue weighted by molar-refractivity contribution is 1.77. The minimum atomic E-state index is -2.69. The summed E-state index contributed by atoms with van der Waals surface area (Å²) in [4.78, 5) is 0. The van der Waals surface area contributed by atoms with E-state index in [1.165, 1.54) is 0 Å². The molecule has 0 aromatic rings. The van der Waals surface area contributed by atoms with Gasteiger partial charge in [0, 0.05) is 0 Å². The van der Waals surface area contributed by atoms with Gasteiger partial charge in [-0.2, -0.15) is 4.52 Å². The summed E-state index contributed by atoms with van der Waals surface area (Å²) < 4.78 is 11.9. The second-order valence-electron chi connectivity index (χ2n) is 1.99. The van der Waals surface area contributed by atoms with Gasteiger partial charge in [0.15, 0.2) is 0 Å². The molecule has 1 atom stereocenters. The van der Waals surface area contributed by atoms with E-state index in [9.17, 15) is 0 Å². The molecule has 1 aliphatic rings. The van der Waals surface area contributed by atoms with Crippen LogP contribution >= 0.6 is 78.2 Å². The lowest BCUT2D eigenvalue weighted by atomic mass is 12.0. The van der Waals surface area contributed by atoms with Gasteiger partial charge in [0.1, 0.15) is 5.91 Å². The predicted molar refractivity (Wildman–Crippen MR) is 66.3 cm³/mol. The fourth-order valence-corrected chi connectivity index (χ4v) is 22.3. The van der Waals surface area contributed by atoms with Gasteiger partial charge in [0.05, 0.1) is 0 Å². The van der Waals surface area contributed by atoms with Crippen LogP contribution in [0, 0.1) is 0 Å². The highest BCUT2D eigenvalue weighted by molar-refractivity contribution is 9.40. The van der Waals surface area contributed by atoms with Crippen molar-refractivity contribution in [2.45, 2.75) is 0 Å². The Morgan fingerprint density at radius 3 is 1.67 bits per heavy atom. The topological polar surface area (TPSA) is 37.1 Å². The molecule has 0 aliphatic carbocycles. The van der Waals surface area contributed by atoms with Crippen molar-refractivity contribution in [2.75, 3.05) is 6.66 Å². The average Bonchev–Trinajstić information content (AvgIpc) is 1.44. The first kappa shape index (κ1) is 12.4. The van der Waals surface area contributed by atoms with Crippen LogP contribution in [0.5, 0.6) is 0 Å². The maximum absolute atomic E-state index is 5.78. The summed E-state index contributed by atoms with van der Waals surface area (Å²) in [5.74, 6) is -7.42. The standard InChI is InChI=1S/CH3BrCl4N3P3/c1-10(2)7-11(3,4)9-12(5,6)8-10/h1H3. The molecule has 1 heterocycles. The Morgan fingerprint density at radius 2 is 1.33 bits per heavy atom. The van der Waals surface area contributed by atoms with Gasteiger partial charge >= 0.3 is 0 Å². The third-order valence-corrected chi connectivity index (χ3v) is 14.2. The second kappa shape index (κ2) is 3.72. The van der Waals surface area contributed by atoms with E-state index in [0.29, 0.717) is 0 Å². The lowest BCUT2D eigenvalue weighted by Crippen LogP contribution is -1.66. The molecule has 1 rings (SSSR count). The van der Waals surface area contributed by atoms with Crippen molar-refractivity contribution < 1.29 is 0 Å². The first-order chi connectivity index (χ1) is 5.12. The number of halogens is 5. The summed E-state index contributed by atoms with van der Waals surface area (Å²) in [6.07, 6.45) is 0. The summed E-state index contributed by atoms with van der Waals surface area (Å²) in [5, 5.41) is 0. The summed E-state index contributed by atoms with van der Waals surface area (Å²) in [6, 6.07) is 0. The largest absolute Gasteiger partial charge is 0.256 e. The van der Waals surface area contributed by atoms with E-state index in [4.69, 9.17) is 45.0 Å². The van der Waals surface area contributed by atoms with Crippen LogP contribution in [0.4, 0.5) is 0 Å². The molecule has 72 valence electrons. The maximum Gasteiger partial charge on any atom is 0.256 e. The minimum Gasteiger partial charge on any atom is -0.203 e. The van der Waals surface area contributed by atoms with Crippen LogP contribution in [-0.2, 0) is 0 Å². The van der Waals surface area contributed by atoms with Crippen molar-refractivity contribution in [2.24, 2.45) is 13.5 Å².